The van der Waals surface area contributed by atoms with Crippen molar-refractivity contribution in [3.05, 3.63) is 0 Å². The van der Waals surface area contributed by atoms with Crippen molar-refractivity contribution in [3.8, 4) is 0 Å². The summed E-state index contributed by atoms with van der Waals surface area (Å²) in [5.74, 6) is 0. The quantitative estimate of drug-likeness (QED) is 0.200. The summed E-state index contributed by atoms with van der Waals surface area (Å²) < 4.78 is 0. The minimum absolute atomic E-state index is 0. The molecule has 6 N–H and O–H groups in total. The Labute approximate surface area is 133 Å². The maximum absolute atomic E-state index is 8.55. The average Bonchev–Trinajstić information content (AvgIpc) is 2.43. The number of nitrogens with two attached hydrogens (primary N) is 1. The van der Waals surface area contributed by atoms with Crippen LogP contribution in [-0.4, -0.2) is 57.6 Å². The van der Waals surface area contributed by atoms with Crippen LogP contribution >= 0.6 is 17.0 Å². The third kappa shape index (κ3) is 20.6. The van der Waals surface area contributed by atoms with Crippen LogP contribution in [-0.2, 0) is 4.84 Å². The molecular formula is C13H33BrN4O2. The number of hydroxylamine groups is 1. The van der Waals surface area contributed by atoms with Gasteiger partial charge in [-0.25, -0.2) is 5.48 Å². The monoisotopic (exact) mass is 356 g/mol. The minimum Gasteiger partial charge on any atom is -0.396 e. The molecule has 0 unspecified atom stereocenters. The first-order valence-electron chi connectivity index (χ1n) is 7.49. The summed E-state index contributed by atoms with van der Waals surface area (Å²) >= 11 is 0. The van der Waals surface area contributed by atoms with E-state index in [1.807, 2.05) is 0 Å². The summed E-state index contributed by atoms with van der Waals surface area (Å²) in [4.78, 5) is 5.19. The third-order valence-corrected chi connectivity index (χ3v) is 2.68. The lowest BCUT2D eigenvalue weighted by molar-refractivity contribution is 0.0366. The van der Waals surface area contributed by atoms with Gasteiger partial charge in [-0.1, -0.05) is 6.42 Å². The van der Waals surface area contributed by atoms with E-state index in [0.717, 1.165) is 52.0 Å². The van der Waals surface area contributed by atoms with Gasteiger partial charge < -0.3 is 26.3 Å². The van der Waals surface area contributed by atoms with Crippen molar-refractivity contribution < 1.29 is 9.94 Å². The van der Waals surface area contributed by atoms with Crippen molar-refractivity contribution in [3.63, 3.8) is 0 Å². The van der Waals surface area contributed by atoms with E-state index in [-0.39, 0.29) is 23.6 Å². The number of aliphatic hydroxyl groups excluding tert-OH is 1. The lowest BCUT2D eigenvalue weighted by atomic mass is 10.2. The lowest BCUT2D eigenvalue weighted by Gasteiger charge is -2.07. The Morgan fingerprint density at radius 1 is 0.800 bits per heavy atom. The first-order chi connectivity index (χ1) is 9.41. The molecule has 124 valence electrons. The van der Waals surface area contributed by atoms with Crippen LogP contribution in [0.2, 0.25) is 0 Å². The van der Waals surface area contributed by atoms with Crippen LogP contribution in [0.25, 0.3) is 0 Å². The van der Waals surface area contributed by atoms with Crippen LogP contribution in [0.5, 0.6) is 0 Å². The zero-order chi connectivity index (χ0) is 14.0. The summed E-state index contributed by atoms with van der Waals surface area (Å²) in [6, 6.07) is 0. The van der Waals surface area contributed by atoms with Crippen molar-refractivity contribution in [1.29, 1.82) is 0 Å². The molecule has 0 aliphatic heterocycles. The Balaban J connectivity index is 0. The average molecular weight is 357 g/mol. The fraction of sp³-hybridized carbons (Fsp3) is 1.00. The van der Waals surface area contributed by atoms with Gasteiger partial charge in [0.1, 0.15) is 0 Å². The molecule has 0 atom stereocenters. The van der Waals surface area contributed by atoms with Crippen molar-refractivity contribution in [2.45, 2.75) is 32.1 Å². The molecule has 0 fully saturated rings. The predicted octanol–water partition coefficient (Wildman–Crippen LogP) is 0.166. The smallest absolute Gasteiger partial charge is 0.0694 e. The molecule has 0 bridgehead atoms. The summed E-state index contributed by atoms with van der Waals surface area (Å²) in [7, 11) is 0. The van der Waals surface area contributed by atoms with Gasteiger partial charge in [-0.3, -0.25) is 0 Å². The Hall–Kier alpha value is 0.240. The van der Waals surface area contributed by atoms with Gasteiger partial charge in [0.15, 0.2) is 0 Å². The van der Waals surface area contributed by atoms with E-state index >= 15 is 0 Å². The van der Waals surface area contributed by atoms with E-state index < -0.39 is 0 Å². The molecule has 0 saturated heterocycles. The van der Waals surface area contributed by atoms with E-state index in [1.54, 1.807) is 0 Å². The molecule has 0 saturated carbocycles. The van der Waals surface area contributed by atoms with E-state index in [0.29, 0.717) is 13.2 Å². The van der Waals surface area contributed by atoms with Crippen LogP contribution in [0.15, 0.2) is 0 Å². The highest BCUT2D eigenvalue weighted by atomic mass is 79.9. The number of unbranched alkanes of at least 4 members (excludes halogenated alkanes) is 2. The van der Waals surface area contributed by atoms with Gasteiger partial charge in [-0.2, -0.15) is 0 Å². The highest BCUT2D eigenvalue weighted by Gasteiger charge is 1.91. The zero-order valence-corrected chi connectivity index (χ0v) is 14.2. The minimum atomic E-state index is 0. The second-order valence-corrected chi connectivity index (χ2v) is 4.52. The maximum Gasteiger partial charge on any atom is 0.0694 e. The van der Waals surface area contributed by atoms with E-state index in [1.165, 1.54) is 12.8 Å². The molecule has 0 heterocycles. The van der Waals surface area contributed by atoms with Crippen LogP contribution in [0.3, 0.4) is 0 Å². The molecule has 7 heteroatoms. The molecule has 0 amide bonds. The summed E-state index contributed by atoms with van der Waals surface area (Å²) in [5, 5.41) is 15.3. The molecule has 0 aliphatic rings. The highest BCUT2D eigenvalue weighted by molar-refractivity contribution is 8.93. The molecule has 6 nitrogen and oxygen atoms in total. The fourth-order valence-electron chi connectivity index (χ4n) is 1.56. The van der Waals surface area contributed by atoms with Crippen LogP contribution in [0, 0.1) is 0 Å². The third-order valence-electron chi connectivity index (χ3n) is 2.68. The molecule has 0 aromatic rings. The second kappa shape index (κ2) is 21.5. The van der Waals surface area contributed by atoms with Gasteiger partial charge in [0, 0.05) is 26.2 Å². The van der Waals surface area contributed by atoms with Gasteiger partial charge in [0.25, 0.3) is 0 Å². The van der Waals surface area contributed by atoms with Gasteiger partial charge in [-0.05, 0) is 45.3 Å². The molecular weight excluding hydrogens is 324 g/mol. The molecule has 0 aromatic carbocycles. The molecule has 0 radical (unpaired) electrons. The Kier molecular flexibility index (Phi) is 24.3. The summed E-state index contributed by atoms with van der Waals surface area (Å²) in [6.07, 6.45) is 5.28. The summed E-state index contributed by atoms with van der Waals surface area (Å²) in [5.41, 5.74) is 8.24. The lowest BCUT2D eigenvalue weighted by Crippen LogP contribution is -2.29. The zero-order valence-electron chi connectivity index (χ0n) is 12.5. The van der Waals surface area contributed by atoms with Gasteiger partial charge in [0.2, 0.25) is 0 Å². The van der Waals surface area contributed by atoms with E-state index in [9.17, 15) is 0 Å². The number of nitrogens with one attached hydrogen (secondary N) is 3. The number of halogens is 1. The fourth-order valence-corrected chi connectivity index (χ4v) is 1.56. The topological polar surface area (TPSA) is 91.6 Å². The van der Waals surface area contributed by atoms with Crippen molar-refractivity contribution in [1.82, 2.24) is 16.1 Å². The van der Waals surface area contributed by atoms with Crippen LogP contribution < -0.4 is 21.8 Å². The normalized spacial score (nSPS) is 10.5. The molecule has 0 spiro atoms. The highest BCUT2D eigenvalue weighted by Crippen LogP contribution is 1.90. The van der Waals surface area contributed by atoms with Gasteiger partial charge in [-0.15, -0.1) is 17.0 Å². The van der Waals surface area contributed by atoms with Crippen molar-refractivity contribution >= 4 is 17.0 Å². The first kappa shape index (κ1) is 22.5. The van der Waals surface area contributed by atoms with Crippen molar-refractivity contribution in [2.24, 2.45) is 5.73 Å². The molecule has 0 aliphatic carbocycles. The van der Waals surface area contributed by atoms with E-state index in [4.69, 9.17) is 15.7 Å². The van der Waals surface area contributed by atoms with Gasteiger partial charge in [0.05, 0.1) is 6.61 Å². The van der Waals surface area contributed by atoms with Crippen LogP contribution in [0.1, 0.15) is 32.1 Å². The molecule has 0 rings (SSSR count). The first-order valence-corrected chi connectivity index (χ1v) is 7.49. The predicted molar refractivity (Wildman–Crippen MR) is 89.2 cm³/mol. The van der Waals surface area contributed by atoms with E-state index in [2.05, 4.69) is 16.1 Å². The Bertz CT molecular complexity index is 151. The number of aliphatic hydroxyl groups is 1. The molecule has 20 heavy (non-hydrogen) atoms. The molecule has 0 aromatic heterocycles. The summed E-state index contributed by atoms with van der Waals surface area (Å²) in [6.45, 7) is 6.47. The van der Waals surface area contributed by atoms with Crippen LogP contribution in [0.4, 0.5) is 0 Å². The largest absolute Gasteiger partial charge is 0.396 e. The number of hydrogen-bond donors (Lipinski definition) is 5. The Morgan fingerprint density at radius 2 is 1.50 bits per heavy atom. The second-order valence-electron chi connectivity index (χ2n) is 4.52. The SMILES string of the molecule is Br.NCCCCCNCCNCCCONCCCO. The number of rotatable bonds is 16. The Morgan fingerprint density at radius 3 is 2.15 bits per heavy atom. The number of hydrogen-bond acceptors (Lipinski definition) is 6. The van der Waals surface area contributed by atoms with Crippen molar-refractivity contribution in [2.75, 3.05) is 52.5 Å². The maximum atomic E-state index is 8.55. The van der Waals surface area contributed by atoms with Gasteiger partial charge >= 0.3 is 0 Å². The standard InChI is InChI=1S/C13H32N4O2.BrH/c14-6-2-1-3-7-15-10-11-16-8-5-13-19-17-9-4-12-18;/h15-18H,1-14H2;1H.